The minimum atomic E-state index is -1.49. The van der Waals surface area contributed by atoms with E-state index in [-0.39, 0.29) is 0 Å². The first-order chi connectivity index (χ1) is 8.65. The number of carbonyl (C=O) groups is 1. The number of amides is 1. The van der Waals surface area contributed by atoms with Crippen LogP contribution in [0, 0.1) is 0 Å². The summed E-state index contributed by atoms with van der Waals surface area (Å²) in [7, 11) is 0. The van der Waals surface area contributed by atoms with E-state index in [1.165, 1.54) is 0 Å². The molecule has 1 amide bonds. The van der Waals surface area contributed by atoms with Crippen molar-refractivity contribution in [1.29, 1.82) is 0 Å². The van der Waals surface area contributed by atoms with Gasteiger partial charge in [-0.1, -0.05) is 0 Å². The Balaban J connectivity index is 2.65. The van der Waals surface area contributed by atoms with E-state index >= 15 is 0 Å². The number of carbonyl (C=O) groups excluding carboxylic acids is 1. The first-order valence-corrected chi connectivity index (χ1v) is 5.97. The summed E-state index contributed by atoms with van der Waals surface area (Å²) in [6.45, 7) is 6.67. The minimum Gasteiger partial charge on any atom is -0.444 e. The molecule has 3 unspecified atom stereocenters. The topological polar surface area (TPSA) is 117 Å². The standard InChI is InChI=1S/C11H21NO7/c1-5-6(12-10(15)18-11(2,3)4)7(13)8(14)9(17-5)19-16/h5-9,13-14,16H,1-4H3,(H,12,15)/t5?,6-,7?,8?,9-/m1/s1. The van der Waals surface area contributed by atoms with Crippen LogP contribution < -0.4 is 5.32 Å². The van der Waals surface area contributed by atoms with Crippen LogP contribution in [-0.4, -0.2) is 57.8 Å². The predicted octanol–water partition coefficient (Wildman–Crippen LogP) is -0.164. The molecule has 0 aromatic carbocycles. The van der Waals surface area contributed by atoms with Gasteiger partial charge in [0.1, 0.15) is 17.8 Å². The number of ether oxygens (including phenoxy) is 2. The highest BCUT2D eigenvalue weighted by atomic mass is 17.1. The van der Waals surface area contributed by atoms with Gasteiger partial charge < -0.3 is 25.0 Å². The average Bonchev–Trinajstić information content (AvgIpc) is 2.27. The third-order valence-electron chi connectivity index (χ3n) is 2.64. The molecule has 0 saturated carbocycles. The number of alkyl carbamates (subject to hydrolysis) is 1. The summed E-state index contributed by atoms with van der Waals surface area (Å²) in [5.74, 6) is 0. The summed E-state index contributed by atoms with van der Waals surface area (Å²) in [4.78, 5) is 15.5. The van der Waals surface area contributed by atoms with Crippen molar-refractivity contribution < 1.29 is 34.6 Å². The molecule has 1 rings (SSSR count). The highest BCUT2D eigenvalue weighted by molar-refractivity contribution is 5.68. The molecule has 1 aliphatic rings. The largest absolute Gasteiger partial charge is 0.444 e. The van der Waals surface area contributed by atoms with Crippen molar-refractivity contribution in [1.82, 2.24) is 5.32 Å². The van der Waals surface area contributed by atoms with Crippen LogP contribution >= 0.6 is 0 Å². The lowest BCUT2D eigenvalue weighted by molar-refractivity contribution is -0.394. The van der Waals surface area contributed by atoms with Gasteiger partial charge >= 0.3 is 6.09 Å². The van der Waals surface area contributed by atoms with Crippen LogP contribution in [-0.2, 0) is 14.4 Å². The molecule has 8 heteroatoms. The highest BCUT2D eigenvalue weighted by Gasteiger charge is 2.44. The van der Waals surface area contributed by atoms with E-state index in [1.54, 1.807) is 27.7 Å². The lowest BCUT2D eigenvalue weighted by atomic mass is 9.97. The second kappa shape index (κ2) is 6.02. The lowest BCUT2D eigenvalue weighted by Crippen LogP contribution is -2.63. The maximum absolute atomic E-state index is 11.6. The fraction of sp³-hybridized carbons (Fsp3) is 0.909. The van der Waals surface area contributed by atoms with Crippen molar-refractivity contribution in [3.8, 4) is 0 Å². The quantitative estimate of drug-likeness (QED) is 0.409. The minimum absolute atomic E-state index is 0.677. The van der Waals surface area contributed by atoms with Crippen LogP contribution in [0.3, 0.4) is 0 Å². The van der Waals surface area contributed by atoms with Crippen molar-refractivity contribution in [3.63, 3.8) is 0 Å². The van der Waals surface area contributed by atoms with Crippen LogP contribution in [0.5, 0.6) is 0 Å². The number of aliphatic hydroxyl groups is 2. The molecule has 0 spiro atoms. The zero-order valence-electron chi connectivity index (χ0n) is 11.4. The molecule has 4 N–H and O–H groups in total. The molecule has 8 nitrogen and oxygen atoms in total. The molecular formula is C11H21NO7. The molecule has 1 heterocycles. The van der Waals surface area contributed by atoms with Gasteiger partial charge in [-0.25, -0.2) is 14.9 Å². The Labute approximate surface area is 111 Å². The van der Waals surface area contributed by atoms with Crippen molar-refractivity contribution in [2.45, 2.75) is 63.9 Å². The smallest absolute Gasteiger partial charge is 0.408 e. The molecule has 19 heavy (non-hydrogen) atoms. The average molecular weight is 279 g/mol. The maximum atomic E-state index is 11.6. The molecule has 112 valence electrons. The summed E-state index contributed by atoms with van der Waals surface area (Å²) in [6, 6.07) is -0.878. The van der Waals surface area contributed by atoms with Crippen molar-refractivity contribution in [2.24, 2.45) is 0 Å². The van der Waals surface area contributed by atoms with Crippen LogP contribution in [0.4, 0.5) is 4.79 Å². The van der Waals surface area contributed by atoms with E-state index in [0.717, 1.165) is 0 Å². The van der Waals surface area contributed by atoms with Gasteiger partial charge in [0.25, 0.3) is 0 Å². The molecular weight excluding hydrogens is 258 g/mol. The number of nitrogens with one attached hydrogen (secondary N) is 1. The van der Waals surface area contributed by atoms with Crippen LogP contribution in [0.25, 0.3) is 0 Å². The van der Waals surface area contributed by atoms with Crippen LogP contribution in [0.1, 0.15) is 27.7 Å². The Kier molecular flexibility index (Phi) is 5.11. The normalized spacial score (nSPS) is 35.8. The fourth-order valence-corrected chi connectivity index (χ4v) is 1.76. The molecule has 0 bridgehead atoms. The summed E-state index contributed by atoms with van der Waals surface area (Å²) in [5, 5.41) is 30.4. The molecule has 1 saturated heterocycles. The molecule has 0 radical (unpaired) electrons. The van der Waals surface area contributed by atoms with Gasteiger partial charge in [0, 0.05) is 0 Å². The van der Waals surface area contributed by atoms with E-state index < -0.39 is 42.3 Å². The maximum Gasteiger partial charge on any atom is 0.408 e. The zero-order chi connectivity index (χ0) is 14.8. The van der Waals surface area contributed by atoms with Crippen LogP contribution in [0.2, 0.25) is 0 Å². The van der Waals surface area contributed by atoms with Gasteiger partial charge in [-0.15, -0.1) is 0 Å². The molecule has 0 aliphatic carbocycles. The lowest BCUT2D eigenvalue weighted by Gasteiger charge is -2.40. The van der Waals surface area contributed by atoms with E-state index in [0.29, 0.717) is 0 Å². The van der Waals surface area contributed by atoms with Crippen molar-refractivity contribution >= 4 is 6.09 Å². The van der Waals surface area contributed by atoms with E-state index in [9.17, 15) is 15.0 Å². The summed E-state index contributed by atoms with van der Waals surface area (Å²) < 4.78 is 10.2. The van der Waals surface area contributed by atoms with Gasteiger partial charge in [-0.3, -0.25) is 0 Å². The number of rotatable bonds is 2. The monoisotopic (exact) mass is 279 g/mol. The SMILES string of the molecule is CC1O[C@H](OO)C(O)C(O)[C@@H]1NC(=O)OC(C)(C)C. The second-order valence-corrected chi connectivity index (χ2v) is 5.47. The molecule has 0 aromatic heterocycles. The third-order valence-corrected chi connectivity index (χ3v) is 2.64. The number of aliphatic hydroxyl groups excluding tert-OH is 2. The Bertz CT molecular complexity index is 317. The van der Waals surface area contributed by atoms with Crippen LogP contribution in [0.15, 0.2) is 0 Å². The number of hydrogen-bond donors (Lipinski definition) is 4. The predicted molar refractivity (Wildman–Crippen MR) is 63.2 cm³/mol. The van der Waals surface area contributed by atoms with Gasteiger partial charge in [0.2, 0.25) is 6.29 Å². The van der Waals surface area contributed by atoms with Gasteiger partial charge in [-0.2, -0.15) is 0 Å². The Morgan fingerprint density at radius 2 is 1.84 bits per heavy atom. The van der Waals surface area contributed by atoms with Crippen molar-refractivity contribution in [2.75, 3.05) is 0 Å². The summed E-state index contributed by atoms with van der Waals surface area (Å²) in [5.41, 5.74) is -0.677. The van der Waals surface area contributed by atoms with Crippen molar-refractivity contribution in [3.05, 3.63) is 0 Å². The molecule has 5 atom stereocenters. The summed E-state index contributed by atoms with van der Waals surface area (Å²) in [6.07, 6.45) is -5.61. The number of hydrogen-bond acceptors (Lipinski definition) is 7. The van der Waals surface area contributed by atoms with Gasteiger partial charge in [0.05, 0.1) is 12.1 Å². The fourth-order valence-electron chi connectivity index (χ4n) is 1.76. The second-order valence-electron chi connectivity index (χ2n) is 5.47. The Hall–Kier alpha value is -0.930. The zero-order valence-corrected chi connectivity index (χ0v) is 11.4. The molecule has 0 aromatic rings. The molecule has 1 fully saturated rings. The van der Waals surface area contributed by atoms with Gasteiger partial charge in [-0.05, 0) is 27.7 Å². The van der Waals surface area contributed by atoms with E-state index in [1.807, 2.05) is 0 Å². The molecule has 1 aliphatic heterocycles. The highest BCUT2D eigenvalue weighted by Crippen LogP contribution is 2.21. The van der Waals surface area contributed by atoms with E-state index in [2.05, 4.69) is 10.2 Å². The van der Waals surface area contributed by atoms with Gasteiger partial charge in [0.15, 0.2) is 0 Å². The summed E-state index contributed by atoms with van der Waals surface area (Å²) >= 11 is 0. The third kappa shape index (κ3) is 4.29. The first-order valence-electron chi connectivity index (χ1n) is 5.97. The Morgan fingerprint density at radius 1 is 1.26 bits per heavy atom. The van der Waals surface area contributed by atoms with E-state index in [4.69, 9.17) is 14.7 Å². The Morgan fingerprint density at radius 3 is 2.32 bits per heavy atom. The first kappa shape index (κ1) is 16.1.